The molecule has 0 aromatic heterocycles. The molecule has 0 spiro atoms. The predicted molar refractivity (Wildman–Crippen MR) is 162 cm³/mol. The Morgan fingerprint density at radius 1 is 0.700 bits per heavy atom. The van der Waals surface area contributed by atoms with Gasteiger partial charge < -0.3 is 9.47 Å². The fourth-order valence-electron chi connectivity index (χ4n) is 4.44. The molecular formula is C35H44O5. The molecule has 0 saturated heterocycles. The van der Waals surface area contributed by atoms with Crippen molar-refractivity contribution in [3.63, 3.8) is 0 Å². The Kier molecular flexibility index (Phi) is 12.3. The molecule has 0 fully saturated rings. The Labute approximate surface area is 240 Å². The van der Waals surface area contributed by atoms with E-state index < -0.39 is 17.7 Å². The van der Waals surface area contributed by atoms with Crippen LogP contribution in [0.15, 0.2) is 83.0 Å². The summed E-state index contributed by atoms with van der Waals surface area (Å²) < 4.78 is 10.7. The van der Waals surface area contributed by atoms with Gasteiger partial charge in [-0.2, -0.15) is 0 Å². The topological polar surface area (TPSA) is 69.7 Å². The van der Waals surface area contributed by atoms with E-state index in [1.54, 1.807) is 26.0 Å². The van der Waals surface area contributed by atoms with E-state index in [9.17, 15) is 14.4 Å². The van der Waals surface area contributed by atoms with Crippen molar-refractivity contribution >= 4 is 17.7 Å². The van der Waals surface area contributed by atoms with Gasteiger partial charge in [0, 0.05) is 11.1 Å². The maximum atomic E-state index is 12.6. The zero-order valence-corrected chi connectivity index (χ0v) is 25.4. The summed E-state index contributed by atoms with van der Waals surface area (Å²) in [5, 5.41) is 0. The highest BCUT2D eigenvalue weighted by Crippen LogP contribution is 2.30. The van der Waals surface area contributed by atoms with Crippen molar-refractivity contribution in [2.75, 3.05) is 0 Å². The predicted octanol–water partition coefficient (Wildman–Crippen LogP) is 8.80. The molecule has 0 N–H and O–H groups in total. The molecule has 2 aromatic carbocycles. The van der Waals surface area contributed by atoms with E-state index in [2.05, 4.69) is 20.4 Å². The highest BCUT2D eigenvalue weighted by Gasteiger charge is 2.21. The first-order valence-electron chi connectivity index (χ1n) is 14.0. The minimum absolute atomic E-state index is 0.340. The molecule has 0 radical (unpaired) electrons. The van der Waals surface area contributed by atoms with E-state index in [1.807, 2.05) is 64.1 Å². The number of carbonyl (C=O) groups excluding carboxylic acids is 3. The summed E-state index contributed by atoms with van der Waals surface area (Å²) >= 11 is 0. The van der Waals surface area contributed by atoms with Crippen LogP contribution in [0.1, 0.15) is 104 Å². The molecule has 0 aliphatic carbocycles. The number of Topliss-reactive ketones (excluding diaryl/α,β-unsaturated/α-hetero) is 1. The summed E-state index contributed by atoms with van der Waals surface area (Å²) in [5.74, 6) is -0.246. The van der Waals surface area contributed by atoms with Crippen LogP contribution >= 0.6 is 0 Å². The molecule has 5 heteroatoms. The van der Waals surface area contributed by atoms with Gasteiger partial charge in [-0.05, 0) is 119 Å². The van der Waals surface area contributed by atoms with Gasteiger partial charge in [0.05, 0.1) is 0 Å². The van der Waals surface area contributed by atoms with Gasteiger partial charge in [-0.25, -0.2) is 9.59 Å². The average Bonchev–Trinajstić information content (AvgIpc) is 2.94. The summed E-state index contributed by atoms with van der Waals surface area (Å²) in [6.45, 7) is 19.0. The Hall–Kier alpha value is -3.73. The summed E-state index contributed by atoms with van der Waals surface area (Å²) in [4.78, 5) is 36.8. The van der Waals surface area contributed by atoms with E-state index in [-0.39, 0.29) is 0 Å². The molecule has 0 heterocycles. The molecule has 0 aliphatic heterocycles. The lowest BCUT2D eigenvalue weighted by Gasteiger charge is -2.18. The standard InChI is InChI=1S/C35H44O5/c1-10-28(30-16-20-31(21-17-30)39-34(37)23(4)5)13-11-12-24(6)29-14-18-32(19-15-29)40-35(38)33(36)27(9)26(8)25(7)22(2)3/h14-21,24,28H,4,10-13H2,1-3,5-9H3/b27-26+. The van der Waals surface area contributed by atoms with Crippen molar-refractivity contribution in [1.29, 1.82) is 0 Å². The molecule has 40 heavy (non-hydrogen) atoms. The highest BCUT2D eigenvalue weighted by molar-refractivity contribution is 6.41. The van der Waals surface area contributed by atoms with Crippen LogP contribution < -0.4 is 9.47 Å². The molecule has 0 amide bonds. The van der Waals surface area contributed by atoms with Gasteiger partial charge in [-0.3, -0.25) is 4.79 Å². The zero-order valence-electron chi connectivity index (χ0n) is 25.4. The van der Waals surface area contributed by atoms with Crippen LogP contribution in [0.4, 0.5) is 0 Å². The lowest BCUT2D eigenvalue weighted by Crippen LogP contribution is -2.22. The van der Waals surface area contributed by atoms with Gasteiger partial charge in [0.15, 0.2) is 0 Å². The molecule has 5 nitrogen and oxygen atoms in total. The lowest BCUT2D eigenvalue weighted by molar-refractivity contribution is -0.145. The first kappa shape index (κ1) is 32.5. The lowest BCUT2D eigenvalue weighted by atomic mass is 9.88. The molecule has 2 unspecified atom stereocenters. The fraction of sp³-hybridized carbons (Fsp3) is 0.400. The third kappa shape index (κ3) is 9.18. The number of carbonyl (C=O) groups is 3. The molecule has 2 rings (SSSR count). The molecule has 214 valence electrons. The average molecular weight is 545 g/mol. The van der Waals surface area contributed by atoms with E-state index in [1.165, 1.54) is 5.56 Å². The third-order valence-corrected chi connectivity index (χ3v) is 7.65. The molecule has 0 bridgehead atoms. The SMILES string of the molecule is C=C(C)C(=O)Oc1ccc(C(CC)CCCC(C)c2ccc(OC(=O)C(=O)/C(C)=C(\C)C(C)=C(C)C)cc2)cc1. The quantitative estimate of drug-likeness (QED) is 0.0828. The van der Waals surface area contributed by atoms with E-state index in [0.29, 0.717) is 34.5 Å². The van der Waals surface area contributed by atoms with Crippen molar-refractivity contribution < 1.29 is 23.9 Å². The summed E-state index contributed by atoms with van der Waals surface area (Å²) in [5.41, 5.74) is 6.08. The van der Waals surface area contributed by atoms with Crippen molar-refractivity contribution in [2.24, 2.45) is 0 Å². The van der Waals surface area contributed by atoms with Gasteiger partial charge in [0.25, 0.3) is 5.78 Å². The van der Waals surface area contributed by atoms with Crippen LogP contribution in [0.2, 0.25) is 0 Å². The van der Waals surface area contributed by atoms with E-state index in [0.717, 1.165) is 48.0 Å². The fourth-order valence-corrected chi connectivity index (χ4v) is 4.44. The number of esters is 2. The van der Waals surface area contributed by atoms with Gasteiger partial charge >= 0.3 is 11.9 Å². The molecule has 2 aromatic rings. The minimum atomic E-state index is -0.869. The number of hydrogen-bond donors (Lipinski definition) is 0. The van der Waals surface area contributed by atoms with Gasteiger partial charge in [0.1, 0.15) is 11.5 Å². The molecule has 0 aliphatic rings. The summed E-state index contributed by atoms with van der Waals surface area (Å²) in [6.07, 6.45) is 4.17. The second-order valence-electron chi connectivity index (χ2n) is 10.8. The van der Waals surface area contributed by atoms with Crippen molar-refractivity contribution in [3.8, 4) is 11.5 Å². The van der Waals surface area contributed by atoms with Crippen molar-refractivity contribution in [3.05, 3.63) is 94.1 Å². The zero-order chi connectivity index (χ0) is 30.0. The number of rotatable bonds is 13. The summed E-state index contributed by atoms with van der Waals surface area (Å²) in [6, 6.07) is 15.2. The second kappa shape index (κ2) is 15.2. The minimum Gasteiger partial charge on any atom is -0.423 e. The first-order chi connectivity index (χ1) is 18.8. The number of allylic oxidation sites excluding steroid dienone is 3. The maximum absolute atomic E-state index is 12.6. The second-order valence-corrected chi connectivity index (χ2v) is 10.8. The number of benzene rings is 2. The van der Waals surface area contributed by atoms with Gasteiger partial charge in [-0.15, -0.1) is 0 Å². The number of ketones is 1. The first-order valence-corrected chi connectivity index (χ1v) is 14.0. The smallest absolute Gasteiger partial charge is 0.384 e. The van der Waals surface area contributed by atoms with Gasteiger partial charge in [0.2, 0.25) is 0 Å². The monoisotopic (exact) mass is 544 g/mol. The van der Waals surface area contributed by atoms with Crippen molar-refractivity contribution in [2.45, 2.75) is 92.9 Å². The van der Waals surface area contributed by atoms with Crippen LogP contribution in [0.25, 0.3) is 0 Å². The van der Waals surface area contributed by atoms with Gasteiger partial charge in [-0.1, -0.05) is 56.7 Å². The highest BCUT2D eigenvalue weighted by atomic mass is 16.5. The van der Waals surface area contributed by atoms with E-state index >= 15 is 0 Å². The Morgan fingerprint density at radius 2 is 1.20 bits per heavy atom. The number of ether oxygens (including phenoxy) is 2. The van der Waals surface area contributed by atoms with Crippen LogP contribution in [-0.2, 0) is 14.4 Å². The van der Waals surface area contributed by atoms with Crippen LogP contribution in [0, 0.1) is 0 Å². The summed E-state index contributed by atoms with van der Waals surface area (Å²) in [7, 11) is 0. The Morgan fingerprint density at radius 3 is 1.68 bits per heavy atom. The largest absolute Gasteiger partial charge is 0.423 e. The normalized spacial score (nSPS) is 13.0. The van der Waals surface area contributed by atoms with Crippen LogP contribution in [0.3, 0.4) is 0 Å². The third-order valence-electron chi connectivity index (χ3n) is 7.65. The maximum Gasteiger partial charge on any atom is 0.384 e. The molecule has 0 saturated carbocycles. The molecular weight excluding hydrogens is 500 g/mol. The Bertz CT molecular complexity index is 1270. The van der Waals surface area contributed by atoms with Crippen LogP contribution in [0.5, 0.6) is 11.5 Å². The number of hydrogen-bond acceptors (Lipinski definition) is 5. The van der Waals surface area contributed by atoms with Crippen LogP contribution in [-0.4, -0.2) is 17.7 Å². The molecule has 2 atom stereocenters. The van der Waals surface area contributed by atoms with E-state index in [4.69, 9.17) is 9.47 Å². The Balaban J connectivity index is 1.91. The van der Waals surface area contributed by atoms with Crippen molar-refractivity contribution in [1.82, 2.24) is 0 Å².